The molecule has 3 heterocycles. The maximum Gasteiger partial charge on any atom is 0.281 e. The van der Waals surface area contributed by atoms with Gasteiger partial charge in [-0.15, -0.1) is 11.3 Å². The molecule has 0 fully saturated rings. The normalized spacial score (nSPS) is 13.7. The summed E-state index contributed by atoms with van der Waals surface area (Å²) in [7, 11) is -3.64. The average Bonchev–Trinajstić information content (AvgIpc) is 3.51. The lowest BCUT2D eigenvalue weighted by Crippen LogP contribution is -2.30. The quantitative estimate of drug-likeness (QED) is 0.285. The second kappa shape index (κ2) is 12.3. The third kappa shape index (κ3) is 5.96. The van der Waals surface area contributed by atoms with Crippen molar-refractivity contribution in [2.24, 2.45) is 0 Å². The summed E-state index contributed by atoms with van der Waals surface area (Å²) in [5.41, 5.74) is 4.39. The summed E-state index contributed by atoms with van der Waals surface area (Å²) in [6.45, 7) is 10.2. The monoisotopic (exact) mass is 605 g/mol. The molecule has 0 atom stereocenters. The maximum atomic E-state index is 13.9. The number of nitrogens with one attached hydrogen (secondary N) is 1. The van der Waals surface area contributed by atoms with Gasteiger partial charge >= 0.3 is 0 Å². The van der Waals surface area contributed by atoms with Crippen molar-refractivity contribution < 1.29 is 18.0 Å². The molecule has 0 spiro atoms. The number of benzene rings is 2. The van der Waals surface area contributed by atoms with Crippen LogP contribution in [0.3, 0.4) is 0 Å². The Kier molecular flexibility index (Phi) is 8.74. The molecule has 2 aromatic carbocycles. The molecule has 11 heteroatoms. The van der Waals surface area contributed by atoms with E-state index in [2.05, 4.69) is 27.4 Å². The zero-order valence-corrected chi connectivity index (χ0v) is 25.9. The van der Waals surface area contributed by atoms with Gasteiger partial charge in [0.15, 0.2) is 0 Å². The molecule has 2 aromatic heterocycles. The van der Waals surface area contributed by atoms with Gasteiger partial charge in [-0.05, 0) is 61.7 Å². The first kappa shape index (κ1) is 29.8. The molecule has 0 saturated carbocycles. The van der Waals surface area contributed by atoms with E-state index < -0.39 is 15.9 Å². The number of carbonyl (C=O) groups is 2. The Bertz CT molecular complexity index is 1710. The van der Waals surface area contributed by atoms with Gasteiger partial charge in [0.25, 0.3) is 11.8 Å². The van der Waals surface area contributed by atoms with E-state index in [0.29, 0.717) is 42.2 Å². The summed E-state index contributed by atoms with van der Waals surface area (Å²) in [6.07, 6.45) is 0.673. The molecule has 0 radical (unpaired) electrons. The van der Waals surface area contributed by atoms with Crippen molar-refractivity contribution in [1.29, 1.82) is 0 Å². The fourth-order valence-electron chi connectivity index (χ4n) is 5.35. The zero-order valence-electron chi connectivity index (χ0n) is 24.3. The molecule has 0 unspecified atom stereocenters. The summed E-state index contributed by atoms with van der Waals surface area (Å²) in [5, 5.41) is 7.86. The molecule has 1 aliphatic rings. The van der Waals surface area contributed by atoms with Crippen LogP contribution in [0.1, 0.15) is 62.0 Å². The van der Waals surface area contributed by atoms with Crippen LogP contribution in [0.15, 0.2) is 65.6 Å². The number of hydrogen-bond acceptors (Lipinski definition) is 7. The van der Waals surface area contributed by atoms with Gasteiger partial charge < -0.3 is 5.32 Å². The van der Waals surface area contributed by atoms with Gasteiger partial charge in [0.05, 0.1) is 16.2 Å². The predicted octanol–water partition coefficient (Wildman–Crippen LogP) is 5.09. The summed E-state index contributed by atoms with van der Waals surface area (Å²) in [6, 6.07) is 18.0. The highest BCUT2D eigenvalue weighted by molar-refractivity contribution is 7.89. The average molecular weight is 606 g/mol. The standard InChI is InChI=1S/C31H35N5O4S2/c1-5-35(6-2)42(39,40)25-14-12-24(13-15-25)29(37)32-30-28(31(38)36-22(4)18-21(3)33-36)26-16-17-34(20-27(26)41-30)19-23-10-8-7-9-11-23/h7-15,18H,5-6,16-17,19-20H2,1-4H3,(H,32,37). The highest BCUT2D eigenvalue weighted by Crippen LogP contribution is 2.38. The molecule has 1 amide bonds. The number of aryl methyl sites for hydroxylation is 2. The van der Waals surface area contributed by atoms with Gasteiger partial charge in [0, 0.05) is 48.9 Å². The summed E-state index contributed by atoms with van der Waals surface area (Å²) < 4.78 is 28.5. The van der Waals surface area contributed by atoms with E-state index >= 15 is 0 Å². The van der Waals surface area contributed by atoms with Crippen LogP contribution in [0, 0.1) is 13.8 Å². The Morgan fingerprint density at radius 2 is 1.71 bits per heavy atom. The molecule has 220 valence electrons. The minimum absolute atomic E-state index is 0.133. The van der Waals surface area contributed by atoms with Crippen molar-refractivity contribution in [1.82, 2.24) is 19.0 Å². The molecule has 1 aliphatic heterocycles. The van der Waals surface area contributed by atoms with E-state index in [9.17, 15) is 18.0 Å². The van der Waals surface area contributed by atoms with E-state index in [4.69, 9.17) is 0 Å². The Morgan fingerprint density at radius 1 is 1.02 bits per heavy atom. The smallest absolute Gasteiger partial charge is 0.281 e. The molecule has 1 N–H and O–H groups in total. The molecular weight excluding hydrogens is 571 g/mol. The molecule has 0 saturated heterocycles. The van der Waals surface area contributed by atoms with E-state index in [-0.39, 0.29) is 10.8 Å². The number of anilines is 1. The fraction of sp³-hybridized carbons (Fsp3) is 0.323. The number of carbonyl (C=O) groups excluding carboxylic acids is 2. The Morgan fingerprint density at radius 3 is 2.33 bits per heavy atom. The van der Waals surface area contributed by atoms with Crippen LogP contribution >= 0.6 is 11.3 Å². The van der Waals surface area contributed by atoms with Crippen LogP contribution in [-0.2, 0) is 29.5 Å². The Labute approximate surface area is 250 Å². The number of amides is 1. The van der Waals surface area contributed by atoms with Crippen molar-refractivity contribution in [2.45, 2.75) is 52.1 Å². The number of sulfonamides is 1. The van der Waals surface area contributed by atoms with Gasteiger partial charge in [0.1, 0.15) is 5.00 Å². The van der Waals surface area contributed by atoms with Gasteiger partial charge in [-0.25, -0.2) is 13.1 Å². The lowest BCUT2D eigenvalue weighted by atomic mass is 10.0. The lowest BCUT2D eigenvalue weighted by molar-refractivity contribution is 0.0942. The van der Waals surface area contributed by atoms with Crippen molar-refractivity contribution >= 4 is 38.2 Å². The van der Waals surface area contributed by atoms with Crippen molar-refractivity contribution in [3.05, 3.63) is 99.2 Å². The molecule has 9 nitrogen and oxygen atoms in total. The predicted molar refractivity (Wildman–Crippen MR) is 165 cm³/mol. The van der Waals surface area contributed by atoms with Gasteiger partial charge in [-0.3, -0.25) is 14.5 Å². The fourth-order valence-corrected chi connectivity index (χ4v) is 8.09. The molecule has 0 bridgehead atoms. The van der Waals surface area contributed by atoms with Crippen LogP contribution in [-0.4, -0.2) is 58.9 Å². The largest absolute Gasteiger partial charge is 0.313 e. The number of nitrogens with zero attached hydrogens (tertiary/aromatic N) is 4. The molecule has 42 heavy (non-hydrogen) atoms. The van der Waals surface area contributed by atoms with Crippen molar-refractivity contribution in [3.63, 3.8) is 0 Å². The van der Waals surface area contributed by atoms with Gasteiger partial charge in [-0.1, -0.05) is 44.2 Å². The molecule has 4 aromatic rings. The lowest BCUT2D eigenvalue weighted by Gasteiger charge is -2.27. The molecular formula is C31H35N5O4S2. The van der Waals surface area contributed by atoms with Crippen LogP contribution < -0.4 is 5.32 Å². The van der Waals surface area contributed by atoms with E-state index in [1.54, 1.807) is 13.8 Å². The zero-order chi connectivity index (χ0) is 30.0. The topological polar surface area (TPSA) is 105 Å². The number of hydrogen-bond donors (Lipinski definition) is 1. The van der Waals surface area contributed by atoms with Crippen molar-refractivity contribution in [3.8, 4) is 0 Å². The second-order valence-corrected chi connectivity index (χ2v) is 13.4. The molecule has 5 rings (SSSR count). The Hall–Kier alpha value is -3.64. The summed E-state index contributed by atoms with van der Waals surface area (Å²) in [5.74, 6) is -0.686. The highest BCUT2D eigenvalue weighted by Gasteiger charge is 2.31. The highest BCUT2D eigenvalue weighted by atomic mass is 32.2. The number of fused-ring (bicyclic) bond motifs is 1. The summed E-state index contributed by atoms with van der Waals surface area (Å²) in [4.78, 5) is 30.8. The number of thiophene rings is 1. The van der Waals surface area contributed by atoms with Gasteiger partial charge in [-0.2, -0.15) is 9.40 Å². The van der Waals surface area contributed by atoms with Crippen molar-refractivity contribution in [2.75, 3.05) is 25.0 Å². The molecule has 0 aliphatic carbocycles. The summed E-state index contributed by atoms with van der Waals surface area (Å²) >= 11 is 1.41. The first-order valence-electron chi connectivity index (χ1n) is 14.0. The SMILES string of the molecule is CCN(CC)S(=O)(=O)c1ccc(C(=O)Nc2sc3c(c2C(=O)n2nc(C)cc2C)CCN(Cc2ccccc2)C3)cc1. The second-order valence-electron chi connectivity index (χ2n) is 10.4. The number of aromatic nitrogens is 2. The third-order valence-corrected chi connectivity index (χ3v) is 10.7. The van der Waals surface area contributed by atoms with E-state index in [0.717, 1.165) is 34.9 Å². The maximum absolute atomic E-state index is 13.9. The van der Waals surface area contributed by atoms with Crippen LogP contribution in [0.4, 0.5) is 5.00 Å². The first-order chi connectivity index (χ1) is 20.1. The van der Waals surface area contributed by atoms with E-state index in [1.807, 2.05) is 38.1 Å². The Balaban J connectivity index is 1.45. The minimum atomic E-state index is -3.64. The van der Waals surface area contributed by atoms with Crippen LogP contribution in [0.25, 0.3) is 0 Å². The third-order valence-electron chi connectivity index (χ3n) is 7.49. The van der Waals surface area contributed by atoms with Crippen LogP contribution in [0.2, 0.25) is 0 Å². The van der Waals surface area contributed by atoms with E-state index in [1.165, 1.54) is 50.2 Å². The first-order valence-corrected chi connectivity index (χ1v) is 16.3. The number of rotatable bonds is 9. The minimum Gasteiger partial charge on any atom is -0.313 e. The van der Waals surface area contributed by atoms with Crippen LogP contribution in [0.5, 0.6) is 0 Å². The van der Waals surface area contributed by atoms with Gasteiger partial charge in [0.2, 0.25) is 10.0 Å².